The van der Waals surface area contributed by atoms with Crippen LogP contribution in [0.15, 0.2) is 29.2 Å². The molecule has 2 aliphatic heterocycles. The first kappa shape index (κ1) is 19.7. The van der Waals surface area contributed by atoms with Crippen molar-refractivity contribution in [2.24, 2.45) is 0 Å². The van der Waals surface area contributed by atoms with Crippen LogP contribution in [-0.2, 0) is 9.59 Å². The lowest BCUT2D eigenvalue weighted by molar-refractivity contribution is -0.135. The molecule has 9 heteroatoms. The van der Waals surface area contributed by atoms with Gasteiger partial charge in [0.15, 0.2) is 5.13 Å². The van der Waals surface area contributed by atoms with Gasteiger partial charge in [-0.3, -0.25) is 14.9 Å². The Labute approximate surface area is 176 Å². The molecule has 0 radical (unpaired) electrons. The van der Waals surface area contributed by atoms with Crippen molar-refractivity contribution in [2.45, 2.75) is 32.7 Å². The molecule has 1 aromatic carbocycles. The van der Waals surface area contributed by atoms with E-state index in [1.807, 2.05) is 18.7 Å². The highest BCUT2D eigenvalue weighted by Crippen LogP contribution is 2.32. The number of ether oxygens (including phenoxy) is 1. The van der Waals surface area contributed by atoms with E-state index in [1.165, 1.54) is 0 Å². The van der Waals surface area contributed by atoms with Gasteiger partial charge >= 0.3 is 5.97 Å². The van der Waals surface area contributed by atoms with E-state index in [1.54, 1.807) is 41.7 Å². The molecular formula is C20H19N3O4S2. The Morgan fingerprint density at radius 1 is 1.28 bits per heavy atom. The summed E-state index contributed by atoms with van der Waals surface area (Å²) in [6, 6.07) is 6.51. The number of hydrogen-bond acceptors (Lipinski definition) is 8. The van der Waals surface area contributed by atoms with Crippen LogP contribution in [0.25, 0.3) is 6.08 Å². The summed E-state index contributed by atoms with van der Waals surface area (Å²) in [6.45, 7) is 4.79. The van der Waals surface area contributed by atoms with Gasteiger partial charge in [-0.15, -0.1) is 11.3 Å². The number of nitrogens with one attached hydrogen (secondary N) is 1. The number of amides is 2. The number of carbonyl (C=O) groups is 3. The number of nitrogens with zero attached hydrogens (tertiary/aromatic N) is 2. The summed E-state index contributed by atoms with van der Waals surface area (Å²) in [4.78, 5) is 43.7. The normalized spacial score (nSPS) is 20.4. The van der Waals surface area contributed by atoms with Gasteiger partial charge in [-0.1, -0.05) is 12.1 Å². The molecule has 0 bridgehead atoms. The molecule has 1 aromatic heterocycles. The van der Waals surface area contributed by atoms with Crippen LogP contribution >= 0.6 is 23.1 Å². The number of thioether (sulfide) groups is 1. The van der Waals surface area contributed by atoms with Gasteiger partial charge in [0, 0.05) is 11.4 Å². The minimum absolute atomic E-state index is 0.296. The summed E-state index contributed by atoms with van der Waals surface area (Å²) < 4.78 is 5.59. The Bertz CT molecular complexity index is 994. The predicted octanol–water partition coefficient (Wildman–Crippen LogP) is 3.66. The number of esters is 1. The van der Waals surface area contributed by atoms with Crippen molar-refractivity contribution < 1.29 is 19.1 Å². The number of rotatable bonds is 4. The molecule has 4 rings (SSSR count). The Balaban J connectivity index is 1.43. The SMILES string of the molecule is Cc1nc(N2CCC[C@H]2C(=O)Oc2ccc(/C=C3\SC(=O)NC3=O)cc2)sc1C. The maximum absolute atomic E-state index is 12.7. The van der Waals surface area contributed by atoms with Gasteiger partial charge in [0.25, 0.3) is 11.1 Å². The van der Waals surface area contributed by atoms with E-state index in [0.717, 1.165) is 52.4 Å². The quantitative estimate of drug-likeness (QED) is 0.451. The van der Waals surface area contributed by atoms with Crippen molar-refractivity contribution in [3.05, 3.63) is 45.3 Å². The minimum Gasteiger partial charge on any atom is -0.425 e. The van der Waals surface area contributed by atoms with Gasteiger partial charge in [0.1, 0.15) is 11.8 Å². The van der Waals surface area contributed by atoms with Gasteiger partial charge in [0.2, 0.25) is 0 Å². The van der Waals surface area contributed by atoms with E-state index in [2.05, 4.69) is 10.3 Å². The topological polar surface area (TPSA) is 88.6 Å². The van der Waals surface area contributed by atoms with Gasteiger partial charge < -0.3 is 9.64 Å². The van der Waals surface area contributed by atoms with Crippen LogP contribution < -0.4 is 15.0 Å². The number of aryl methyl sites for hydroxylation is 2. The van der Waals surface area contributed by atoms with E-state index in [-0.39, 0.29) is 17.3 Å². The summed E-state index contributed by atoms with van der Waals surface area (Å²) in [5.41, 5.74) is 1.73. The molecule has 2 amide bonds. The molecule has 2 aromatic rings. The molecule has 2 fully saturated rings. The van der Waals surface area contributed by atoms with E-state index in [0.29, 0.717) is 10.7 Å². The fourth-order valence-corrected chi connectivity index (χ4v) is 4.88. The summed E-state index contributed by atoms with van der Waals surface area (Å²) in [5.74, 6) is -0.255. The van der Waals surface area contributed by atoms with Crippen molar-refractivity contribution in [3.63, 3.8) is 0 Å². The summed E-state index contributed by atoms with van der Waals surface area (Å²) in [7, 11) is 0. The van der Waals surface area contributed by atoms with Crippen LogP contribution in [0.3, 0.4) is 0 Å². The zero-order valence-electron chi connectivity index (χ0n) is 15.9. The summed E-state index contributed by atoms with van der Waals surface area (Å²) in [6.07, 6.45) is 3.28. The van der Waals surface area contributed by atoms with Gasteiger partial charge in [-0.25, -0.2) is 9.78 Å². The Hall–Kier alpha value is -2.65. The number of carbonyl (C=O) groups excluding carboxylic acids is 3. The molecule has 0 aliphatic carbocycles. The van der Waals surface area contributed by atoms with Crippen LogP contribution in [0.1, 0.15) is 29.0 Å². The van der Waals surface area contributed by atoms with Crippen molar-refractivity contribution >= 4 is 51.4 Å². The lowest BCUT2D eigenvalue weighted by atomic mass is 10.2. The molecular weight excluding hydrogens is 410 g/mol. The minimum atomic E-state index is -0.399. The average Bonchev–Trinajstić information content (AvgIpc) is 3.37. The second-order valence-corrected chi connectivity index (χ2v) is 9.03. The molecule has 7 nitrogen and oxygen atoms in total. The third kappa shape index (κ3) is 4.20. The molecule has 0 unspecified atom stereocenters. The highest BCUT2D eigenvalue weighted by Gasteiger charge is 2.34. The van der Waals surface area contributed by atoms with Gasteiger partial charge in [-0.2, -0.15) is 0 Å². The second-order valence-electron chi connectivity index (χ2n) is 6.83. The highest BCUT2D eigenvalue weighted by molar-refractivity contribution is 8.18. The van der Waals surface area contributed by atoms with E-state index < -0.39 is 5.91 Å². The number of hydrogen-bond donors (Lipinski definition) is 1. The fraction of sp³-hybridized carbons (Fsp3) is 0.300. The molecule has 2 saturated heterocycles. The molecule has 29 heavy (non-hydrogen) atoms. The Morgan fingerprint density at radius 2 is 2.03 bits per heavy atom. The molecule has 1 atom stereocenters. The summed E-state index contributed by atoms with van der Waals surface area (Å²) in [5, 5.41) is 2.70. The van der Waals surface area contributed by atoms with Crippen LogP contribution in [-0.4, -0.2) is 34.7 Å². The maximum atomic E-state index is 12.7. The van der Waals surface area contributed by atoms with Crippen molar-refractivity contribution in [1.29, 1.82) is 0 Å². The lowest BCUT2D eigenvalue weighted by Gasteiger charge is -2.22. The standard InChI is InChI=1S/C20H19N3O4S2/c1-11-12(2)28-19(21-11)23-9-3-4-15(23)18(25)27-14-7-5-13(6-8-14)10-16-17(24)22-20(26)29-16/h5-8,10,15H,3-4,9H2,1-2H3,(H,22,24,26)/b16-10-/t15-/m0/s1. The fourth-order valence-electron chi connectivity index (χ4n) is 3.21. The number of thiazole rings is 1. The van der Waals surface area contributed by atoms with Crippen LogP contribution in [0.4, 0.5) is 9.93 Å². The monoisotopic (exact) mass is 429 g/mol. The first-order chi connectivity index (χ1) is 13.9. The summed E-state index contributed by atoms with van der Waals surface area (Å²) >= 11 is 2.46. The number of anilines is 1. The number of aromatic nitrogens is 1. The van der Waals surface area contributed by atoms with Gasteiger partial charge in [0.05, 0.1) is 10.6 Å². The van der Waals surface area contributed by atoms with Crippen molar-refractivity contribution in [1.82, 2.24) is 10.3 Å². The number of imide groups is 1. The molecule has 2 aliphatic rings. The maximum Gasteiger partial charge on any atom is 0.334 e. The Kier molecular flexibility index (Phi) is 5.42. The second kappa shape index (κ2) is 8.00. The third-order valence-electron chi connectivity index (χ3n) is 4.83. The zero-order chi connectivity index (χ0) is 20.5. The Morgan fingerprint density at radius 3 is 2.66 bits per heavy atom. The van der Waals surface area contributed by atoms with E-state index in [9.17, 15) is 14.4 Å². The molecule has 0 saturated carbocycles. The van der Waals surface area contributed by atoms with Crippen LogP contribution in [0.5, 0.6) is 5.75 Å². The molecule has 1 N–H and O–H groups in total. The molecule has 3 heterocycles. The highest BCUT2D eigenvalue weighted by atomic mass is 32.2. The smallest absolute Gasteiger partial charge is 0.334 e. The van der Waals surface area contributed by atoms with Gasteiger partial charge in [-0.05, 0) is 62.2 Å². The van der Waals surface area contributed by atoms with Crippen molar-refractivity contribution in [2.75, 3.05) is 11.4 Å². The third-order valence-corrected chi connectivity index (χ3v) is 6.75. The van der Waals surface area contributed by atoms with Crippen LogP contribution in [0.2, 0.25) is 0 Å². The predicted molar refractivity (Wildman–Crippen MR) is 113 cm³/mol. The van der Waals surface area contributed by atoms with E-state index >= 15 is 0 Å². The first-order valence-corrected chi connectivity index (χ1v) is 10.8. The first-order valence-electron chi connectivity index (χ1n) is 9.18. The number of benzene rings is 1. The van der Waals surface area contributed by atoms with Crippen molar-refractivity contribution in [3.8, 4) is 5.75 Å². The van der Waals surface area contributed by atoms with Crippen LogP contribution in [0, 0.1) is 13.8 Å². The molecule has 0 spiro atoms. The lowest BCUT2D eigenvalue weighted by Crippen LogP contribution is -2.38. The zero-order valence-corrected chi connectivity index (χ0v) is 17.6. The largest absolute Gasteiger partial charge is 0.425 e. The average molecular weight is 430 g/mol. The molecule has 150 valence electrons. The van der Waals surface area contributed by atoms with E-state index in [4.69, 9.17) is 4.74 Å².